The zero-order valence-electron chi connectivity index (χ0n) is 15.7. The first-order chi connectivity index (χ1) is 12.6. The Morgan fingerprint density at radius 2 is 1.96 bits per heavy atom. The molecule has 1 saturated heterocycles. The van der Waals surface area contributed by atoms with Gasteiger partial charge < -0.3 is 15.0 Å². The minimum Gasteiger partial charge on any atom is -0.492 e. The Kier molecular flexibility index (Phi) is 5.78. The zero-order valence-corrected chi connectivity index (χ0v) is 15.7. The number of aryl methyl sites for hydroxylation is 2. The van der Waals surface area contributed by atoms with Gasteiger partial charge in [-0.3, -0.25) is 14.4 Å². The van der Waals surface area contributed by atoms with Crippen LogP contribution in [0.4, 0.5) is 11.5 Å². The van der Waals surface area contributed by atoms with Gasteiger partial charge in [-0.05, 0) is 26.0 Å². The van der Waals surface area contributed by atoms with Crippen LogP contribution in [0.15, 0.2) is 30.3 Å². The number of piperazine rings is 1. The molecule has 0 atom stereocenters. The smallest absolute Gasteiger partial charge is 0.239 e. The summed E-state index contributed by atoms with van der Waals surface area (Å²) in [5.41, 5.74) is 2.02. The number of amides is 1. The zero-order chi connectivity index (χ0) is 18.5. The summed E-state index contributed by atoms with van der Waals surface area (Å²) in [4.78, 5) is 16.8. The first kappa shape index (κ1) is 18.3. The molecule has 0 bridgehead atoms. The number of carbonyl (C=O) groups excluding carboxylic acids is 1. The largest absolute Gasteiger partial charge is 0.492 e. The highest BCUT2D eigenvalue weighted by molar-refractivity contribution is 5.91. The van der Waals surface area contributed by atoms with Crippen LogP contribution in [0.1, 0.15) is 12.6 Å². The number of nitrogens with one attached hydrogen (secondary N) is 1. The summed E-state index contributed by atoms with van der Waals surface area (Å²) >= 11 is 0. The topological polar surface area (TPSA) is 62.6 Å². The molecule has 1 aliphatic heterocycles. The van der Waals surface area contributed by atoms with E-state index < -0.39 is 0 Å². The first-order valence-electron chi connectivity index (χ1n) is 9.06. The van der Waals surface area contributed by atoms with Crippen molar-refractivity contribution in [3.63, 3.8) is 0 Å². The van der Waals surface area contributed by atoms with Crippen LogP contribution in [0.5, 0.6) is 5.75 Å². The summed E-state index contributed by atoms with van der Waals surface area (Å²) < 4.78 is 7.42. The van der Waals surface area contributed by atoms with Crippen molar-refractivity contribution in [1.82, 2.24) is 14.7 Å². The van der Waals surface area contributed by atoms with Gasteiger partial charge in [0.25, 0.3) is 0 Å². The average molecular weight is 357 g/mol. The number of nitrogens with zero attached hydrogens (tertiary/aromatic N) is 4. The van der Waals surface area contributed by atoms with Gasteiger partial charge in [-0.15, -0.1) is 0 Å². The van der Waals surface area contributed by atoms with E-state index in [2.05, 4.69) is 26.3 Å². The molecule has 7 heteroatoms. The Hall–Kier alpha value is -2.54. The minimum absolute atomic E-state index is 0.00355. The van der Waals surface area contributed by atoms with Crippen LogP contribution in [0.2, 0.25) is 0 Å². The molecular formula is C19H27N5O2. The summed E-state index contributed by atoms with van der Waals surface area (Å²) in [6, 6.07) is 10.0. The van der Waals surface area contributed by atoms with E-state index >= 15 is 0 Å². The molecule has 1 aromatic heterocycles. The Balaban J connectivity index is 1.52. The maximum atomic E-state index is 12.3. The Morgan fingerprint density at radius 3 is 2.62 bits per heavy atom. The van der Waals surface area contributed by atoms with Gasteiger partial charge in [-0.25, -0.2) is 0 Å². The van der Waals surface area contributed by atoms with E-state index in [1.54, 1.807) is 4.68 Å². The number of aromatic nitrogens is 2. The molecule has 140 valence electrons. The number of rotatable bonds is 6. The third-order valence-corrected chi connectivity index (χ3v) is 4.51. The number of anilines is 2. The standard InChI is InChI=1S/C19H27N5O2/c1-4-26-17-8-6-5-7-16(17)24-11-9-23(10-12-24)14-19(25)20-18-13-15(2)21-22(18)3/h5-8,13H,4,9-12,14H2,1-3H3,(H,20,25). The van der Waals surface area contributed by atoms with Crippen LogP contribution in [0.3, 0.4) is 0 Å². The summed E-state index contributed by atoms with van der Waals surface area (Å²) in [5, 5.41) is 7.18. The molecule has 7 nitrogen and oxygen atoms in total. The molecular weight excluding hydrogens is 330 g/mol. The van der Waals surface area contributed by atoms with Crippen LogP contribution in [0, 0.1) is 6.92 Å². The van der Waals surface area contributed by atoms with Gasteiger partial charge in [-0.2, -0.15) is 5.10 Å². The molecule has 0 radical (unpaired) electrons. The van der Waals surface area contributed by atoms with Crippen LogP contribution in [-0.4, -0.2) is 59.9 Å². The summed E-state index contributed by atoms with van der Waals surface area (Å²) in [5.74, 6) is 1.65. The van der Waals surface area contributed by atoms with E-state index in [9.17, 15) is 4.79 Å². The number of hydrogen-bond acceptors (Lipinski definition) is 5. The number of hydrogen-bond donors (Lipinski definition) is 1. The highest BCUT2D eigenvalue weighted by Gasteiger charge is 2.21. The molecule has 0 spiro atoms. The number of ether oxygens (including phenoxy) is 1. The van der Waals surface area contributed by atoms with Crippen molar-refractivity contribution in [3.05, 3.63) is 36.0 Å². The van der Waals surface area contributed by atoms with Crippen LogP contribution >= 0.6 is 0 Å². The fourth-order valence-electron chi connectivity index (χ4n) is 3.26. The third-order valence-electron chi connectivity index (χ3n) is 4.51. The average Bonchev–Trinajstić information content (AvgIpc) is 2.93. The van der Waals surface area contributed by atoms with Crippen molar-refractivity contribution in [2.75, 3.05) is 49.5 Å². The lowest BCUT2D eigenvalue weighted by Crippen LogP contribution is -2.48. The van der Waals surface area contributed by atoms with E-state index in [0.29, 0.717) is 13.2 Å². The second kappa shape index (κ2) is 8.23. The highest BCUT2D eigenvalue weighted by atomic mass is 16.5. The molecule has 1 aromatic carbocycles. The molecule has 1 aliphatic rings. The van der Waals surface area contributed by atoms with Crippen molar-refractivity contribution in [1.29, 1.82) is 0 Å². The highest BCUT2D eigenvalue weighted by Crippen LogP contribution is 2.28. The molecule has 0 aliphatic carbocycles. The van der Waals surface area contributed by atoms with Gasteiger partial charge in [0.05, 0.1) is 24.5 Å². The maximum absolute atomic E-state index is 12.3. The number of benzene rings is 1. The minimum atomic E-state index is -0.00355. The van der Waals surface area contributed by atoms with Crippen molar-refractivity contribution in [2.24, 2.45) is 7.05 Å². The van der Waals surface area contributed by atoms with Crippen molar-refractivity contribution >= 4 is 17.4 Å². The van der Waals surface area contributed by atoms with Gasteiger partial charge >= 0.3 is 0 Å². The van der Waals surface area contributed by atoms with Crippen LogP contribution < -0.4 is 15.0 Å². The second-order valence-electron chi connectivity index (χ2n) is 6.51. The Bertz CT molecular complexity index is 750. The van der Waals surface area contributed by atoms with Gasteiger partial charge in [-0.1, -0.05) is 12.1 Å². The second-order valence-corrected chi connectivity index (χ2v) is 6.51. The molecule has 1 amide bonds. The molecule has 3 rings (SSSR count). The lowest BCUT2D eigenvalue weighted by molar-refractivity contribution is -0.117. The lowest BCUT2D eigenvalue weighted by atomic mass is 10.2. The summed E-state index contributed by atoms with van der Waals surface area (Å²) in [7, 11) is 1.83. The predicted octanol–water partition coefficient (Wildman–Crippen LogP) is 1.89. The quantitative estimate of drug-likeness (QED) is 0.855. The molecule has 26 heavy (non-hydrogen) atoms. The van der Waals surface area contributed by atoms with E-state index in [4.69, 9.17) is 4.74 Å². The van der Waals surface area contributed by atoms with Crippen LogP contribution in [0.25, 0.3) is 0 Å². The lowest BCUT2D eigenvalue weighted by Gasteiger charge is -2.36. The van der Waals surface area contributed by atoms with Crippen LogP contribution in [-0.2, 0) is 11.8 Å². The van der Waals surface area contributed by atoms with Gasteiger partial charge in [0, 0.05) is 39.3 Å². The molecule has 2 heterocycles. The SMILES string of the molecule is CCOc1ccccc1N1CCN(CC(=O)Nc2cc(C)nn2C)CC1. The fraction of sp³-hybridized carbons (Fsp3) is 0.474. The van der Waals surface area contributed by atoms with E-state index in [0.717, 1.165) is 49.1 Å². The van der Waals surface area contributed by atoms with Gasteiger partial charge in [0.1, 0.15) is 11.6 Å². The summed E-state index contributed by atoms with van der Waals surface area (Å²) in [6.07, 6.45) is 0. The summed E-state index contributed by atoms with van der Waals surface area (Å²) in [6.45, 7) is 8.41. The number of carbonyl (C=O) groups is 1. The first-order valence-corrected chi connectivity index (χ1v) is 9.06. The van der Waals surface area contributed by atoms with E-state index in [-0.39, 0.29) is 5.91 Å². The maximum Gasteiger partial charge on any atom is 0.239 e. The molecule has 1 fully saturated rings. The Labute approximate surface area is 154 Å². The molecule has 0 unspecified atom stereocenters. The van der Waals surface area contributed by atoms with E-state index in [1.165, 1.54) is 0 Å². The van der Waals surface area contributed by atoms with Crippen molar-refractivity contribution in [2.45, 2.75) is 13.8 Å². The van der Waals surface area contributed by atoms with Gasteiger partial charge in [0.2, 0.25) is 5.91 Å². The number of para-hydroxylation sites is 2. The normalized spacial score (nSPS) is 15.1. The molecule has 1 N–H and O–H groups in total. The van der Waals surface area contributed by atoms with E-state index in [1.807, 2.05) is 45.2 Å². The monoisotopic (exact) mass is 357 g/mol. The Morgan fingerprint density at radius 1 is 1.23 bits per heavy atom. The predicted molar refractivity (Wildman–Crippen MR) is 103 cm³/mol. The fourth-order valence-corrected chi connectivity index (χ4v) is 3.26. The van der Waals surface area contributed by atoms with Crippen molar-refractivity contribution < 1.29 is 9.53 Å². The third kappa shape index (κ3) is 4.35. The van der Waals surface area contributed by atoms with Crippen molar-refractivity contribution in [3.8, 4) is 5.75 Å². The molecule has 0 saturated carbocycles. The molecule has 2 aromatic rings. The van der Waals surface area contributed by atoms with Gasteiger partial charge in [0.15, 0.2) is 0 Å².